The van der Waals surface area contributed by atoms with Crippen molar-refractivity contribution >= 4 is 16.8 Å². The molecule has 0 N–H and O–H groups in total. The topological polar surface area (TPSA) is 17.1 Å². The molecular formula is C11H14ClF3O. The van der Waals surface area contributed by atoms with E-state index in [0.717, 1.165) is 6.08 Å². The van der Waals surface area contributed by atoms with Gasteiger partial charge >= 0.3 is 6.18 Å². The quantitative estimate of drug-likeness (QED) is 0.539. The Bertz CT molecular complexity index is 353. The number of carbonyl (C=O) groups excluding carboxylic acids is 1. The number of carbonyl (C=O) groups is 1. The van der Waals surface area contributed by atoms with Gasteiger partial charge in [0.05, 0.1) is 5.92 Å². The molecule has 92 valence electrons. The number of alkyl halides is 3. The Morgan fingerprint density at radius 1 is 1.31 bits per heavy atom. The first-order valence-corrected chi connectivity index (χ1v) is 5.28. The Hall–Kier alpha value is -0.510. The van der Waals surface area contributed by atoms with E-state index in [2.05, 4.69) is 0 Å². The highest BCUT2D eigenvalue weighted by molar-refractivity contribution is 6.64. The molecule has 2 atom stereocenters. The maximum absolute atomic E-state index is 13.1. The molecule has 0 aliphatic heterocycles. The van der Waals surface area contributed by atoms with E-state index in [-0.39, 0.29) is 0 Å². The standard InChI is InChI=1S/C11H14ClF3O/c1-6(2)5-10(11(13,14)15)7(8(12)16)9(10,3)4/h5,7H,1-4H3. The molecule has 1 aliphatic rings. The van der Waals surface area contributed by atoms with E-state index in [1.807, 2.05) is 0 Å². The second-order valence-corrected chi connectivity index (χ2v) is 5.42. The molecule has 1 saturated carbocycles. The van der Waals surface area contributed by atoms with Crippen LogP contribution in [0.25, 0.3) is 0 Å². The Labute approximate surface area is 97.7 Å². The molecular weight excluding hydrogens is 241 g/mol. The molecule has 1 fully saturated rings. The Kier molecular flexibility index (Phi) is 2.96. The predicted octanol–water partition coefficient (Wildman–Crippen LogP) is 3.92. The Morgan fingerprint density at radius 3 is 1.94 bits per heavy atom. The molecule has 2 unspecified atom stereocenters. The smallest absolute Gasteiger partial charge is 0.281 e. The number of allylic oxidation sites excluding steroid dienone is 2. The molecule has 0 aromatic rings. The zero-order valence-electron chi connectivity index (χ0n) is 9.57. The van der Waals surface area contributed by atoms with Crippen LogP contribution in [0.3, 0.4) is 0 Å². The SMILES string of the molecule is CC(C)=CC1(C(F)(F)F)C(C(=O)Cl)C1(C)C. The molecule has 0 amide bonds. The average molecular weight is 255 g/mol. The molecule has 1 aliphatic carbocycles. The highest BCUT2D eigenvalue weighted by atomic mass is 35.5. The Morgan fingerprint density at radius 2 is 1.75 bits per heavy atom. The van der Waals surface area contributed by atoms with E-state index in [1.54, 1.807) is 13.8 Å². The summed E-state index contributed by atoms with van der Waals surface area (Å²) in [4.78, 5) is 11.1. The van der Waals surface area contributed by atoms with Gasteiger partial charge in [0, 0.05) is 0 Å². The van der Waals surface area contributed by atoms with E-state index in [4.69, 9.17) is 11.6 Å². The number of halogens is 4. The van der Waals surface area contributed by atoms with Crippen molar-refractivity contribution in [3.8, 4) is 0 Å². The van der Waals surface area contributed by atoms with Crippen molar-refractivity contribution in [2.24, 2.45) is 16.7 Å². The van der Waals surface area contributed by atoms with Gasteiger partial charge in [-0.3, -0.25) is 4.79 Å². The predicted molar refractivity (Wildman–Crippen MR) is 56.1 cm³/mol. The fourth-order valence-electron chi connectivity index (χ4n) is 2.60. The Balaban J connectivity index is 3.32. The van der Waals surface area contributed by atoms with E-state index >= 15 is 0 Å². The molecule has 1 nitrogen and oxygen atoms in total. The summed E-state index contributed by atoms with van der Waals surface area (Å²) in [5.41, 5.74) is -2.73. The fraction of sp³-hybridized carbons (Fsp3) is 0.727. The van der Waals surface area contributed by atoms with Crippen molar-refractivity contribution in [3.05, 3.63) is 11.6 Å². The van der Waals surface area contributed by atoms with Gasteiger partial charge in [-0.05, 0) is 30.9 Å². The molecule has 0 aromatic carbocycles. The minimum absolute atomic E-state index is 0.533. The number of rotatable bonds is 2. The summed E-state index contributed by atoms with van der Waals surface area (Å²) in [6.07, 6.45) is -3.33. The summed E-state index contributed by atoms with van der Waals surface area (Å²) in [5.74, 6) is -1.18. The monoisotopic (exact) mass is 254 g/mol. The summed E-state index contributed by atoms with van der Waals surface area (Å²) in [7, 11) is 0. The van der Waals surface area contributed by atoms with Crippen LogP contribution in [0, 0.1) is 16.7 Å². The molecule has 1 rings (SSSR count). The second kappa shape index (κ2) is 3.49. The van der Waals surface area contributed by atoms with Crippen molar-refractivity contribution in [2.45, 2.75) is 33.9 Å². The van der Waals surface area contributed by atoms with E-state index in [1.165, 1.54) is 13.8 Å². The van der Waals surface area contributed by atoms with Crippen LogP contribution in [0.2, 0.25) is 0 Å². The van der Waals surface area contributed by atoms with Gasteiger partial charge in [-0.15, -0.1) is 0 Å². The second-order valence-electron chi connectivity index (χ2n) is 5.05. The third kappa shape index (κ3) is 1.58. The number of hydrogen-bond donors (Lipinski definition) is 0. The lowest BCUT2D eigenvalue weighted by Gasteiger charge is -2.20. The summed E-state index contributed by atoms with van der Waals surface area (Å²) in [5, 5.41) is -0.917. The molecule has 0 radical (unpaired) electrons. The van der Waals surface area contributed by atoms with Gasteiger partial charge < -0.3 is 0 Å². The minimum atomic E-state index is -4.46. The van der Waals surface area contributed by atoms with E-state index in [9.17, 15) is 18.0 Å². The summed E-state index contributed by atoms with van der Waals surface area (Å²) >= 11 is 5.27. The van der Waals surface area contributed by atoms with Gasteiger partial charge in [0.2, 0.25) is 5.24 Å². The van der Waals surface area contributed by atoms with Crippen LogP contribution in [0.1, 0.15) is 27.7 Å². The molecule has 0 heterocycles. The highest BCUT2D eigenvalue weighted by Gasteiger charge is 2.83. The average Bonchev–Trinajstić information content (AvgIpc) is 2.45. The first-order valence-electron chi connectivity index (χ1n) is 4.90. The summed E-state index contributed by atoms with van der Waals surface area (Å²) < 4.78 is 39.3. The van der Waals surface area contributed by atoms with Gasteiger partial charge in [-0.2, -0.15) is 13.2 Å². The van der Waals surface area contributed by atoms with Gasteiger partial charge in [-0.1, -0.05) is 25.5 Å². The summed E-state index contributed by atoms with van der Waals surface area (Å²) in [6.45, 7) is 6.01. The van der Waals surface area contributed by atoms with Crippen LogP contribution in [0.4, 0.5) is 13.2 Å². The lowest BCUT2D eigenvalue weighted by Crippen LogP contribution is -2.29. The minimum Gasteiger partial charge on any atom is -0.281 e. The lowest BCUT2D eigenvalue weighted by atomic mass is 9.93. The van der Waals surface area contributed by atoms with Gasteiger partial charge in [0.15, 0.2) is 0 Å². The van der Waals surface area contributed by atoms with Crippen LogP contribution >= 0.6 is 11.6 Å². The maximum atomic E-state index is 13.1. The third-order valence-corrected chi connectivity index (χ3v) is 3.59. The molecule has 16 heavy (non-hydrogen) atoms. The van der Waals surface area contributed by atoms with Crippen LogP contribution in [-0.4, -0.2) is 11.4 Å². The van der Waals surface area contributed by atoms with Gasteiger partial charge in [0.25, 0.3) is 0 Å². The van der Waals surface area contributed by atoms with Crippen molar-refractivity contribution in [1.29, 1.82) is 0 Å². The van der Waals surface area contributed by atoms with E-state index in [0.29, 0.717) is 5.57 Å². The fourth-order valence-corrected chi connectivity index (χ4v) is 3.04. The molecule has 0 bridgehead atoms. The zero-order valence-corrected chi connectivity index (χ0v) is 10.3. The van der Waals surface area contributed by atoms with Crippen molar-refractivity contribution in [2.75, 3.05) is 0 Å². The van der Waals surface area contributed by atoms with Crippen LogP contribution in [-0.2, 0) is 4.79 Å². The maximum Gasteiger partial charge on any atom is 0.399 e. The molecule has 0 aromatic heterocycles. The largest absolute Gasteiger partial charge is 0.399 e. The third-order valence-electron chi connectivity index (χ3n) is 3.37. The zero-order chi connectivity index (χ0) is 12.9. The summed E-state index contributed by atoms with van der Waals surface area (Å²) in [6, 6.07) is 0. The molecule has 0 saturated heterocycles. The van der Waals surface area contributed by atoms with Crippen molar-refractivity contribution in [1.82, 2.24) is 0 Å². The molecule has 5 heteroatoms. The number of hydrogen-bond acceptors (Lipinski definition) is 1. The lowest BCUT2D eigenvalue weighted by molar-refractivity contribution is -0.184. The van der Waals surface area contributed by atoms with Crippen molar-refractivity contribution in [3.63, 3.8) is 0 Å². The molecule has 0 spiro atoms. The van der Waals surface area contributed by atoms with Gasteiger partial charge in [0.1, 0.15) is 5.41 Å². The highest BCUT2D eigenvalue weighted by Crippen LogP contribution is 2.76. The van der Waals surface area contributed by atoms with Crippen LogP contribution < -0.4 is 0 Å². The van der Waals surface area contributed by atoms with Crippen molar-refractivity contribution < 1.29 is 18.0 Å². The normalized spacial score (nSPS) is 32.1. The van der Waals surface area contributed by atoms with Crippen LogP contribution in [0.15, 0.2) is 11.6 Å². The van der Waals surface area contributed by atoms with Crippen LogP contribution in [0.5, 0.6) is 0 Å². The first-order chi connectivity index (χ1) is 6.98. The van der Waals surface area contributed by atoms with Gasteiger partial charge in [-0.25, -0.2) is 0 Å². The van der Waals surface area contributed by atoms with E-state index < -0.39 is 28.2 Å². The first kappa shape index (κ1) is 13.6.